The van der Waals surface area contributed by atoms with E-state index in [2.05, 4.69) is 15.0 Å². The Kier molecular flexibility index (Phi) is 3.87. The molecule has 0 fully saturated rings. The molecule has 0 bridgehead atoms. The predicted octanol–water partition coefficient (Wildman–Crippen LogP) is 0.940. The maximum absolute atomic E-state index is 12.1. The van der Waals surface area contributed by atoms with Crippen molar-refractivity contribution in [2.24, 2.45) is 7.05 Å². The van der Waals surface area contributed by atoms with Crippen molar-refractivity contribution in [1.82, 2.24) is 14.9 Å². The lowest BCUT2D eigenvalue weighted by Crippen LogP contribution is -2.14. The zero-order valence-corrected chi connectivity index (χ0v) is 11.6. The summed E-state index contributed by atoms with van der Waals surface area (Å²) in [6, 6.07) is 7.23. The van der Waals surface area contributed by atoms with Crippen LogP contribution in [0, 0.1) is 0 Å². The van der Waals surface area contributed by atoms with E-state index in [-0.39, 0.29) is 5.03 Å². The van der Waals surface area contributed by atoms with Gasteiger partial charge in [-0.1, -0.05) is 12.1 Å². The van der Waals surface area contributed by atoms with E-state index >= 15 is 0 Å². The van der Waals surface area contributed by atoms with Gasteiger partial charge < -0.3 is 9.88 Å². The van der Waals surface area contributed by atoms with Crippen molar-refractivity contribution < 1.29 is 8.42 Å². The fraction of sp³-hybridized carbons (Fsp3) is 0.250. The van der Waals surface area contributed by atoms with Gasteiger partial charge in [-0.3, -0.25) is 4.72 Å². The van der Waals surface area contributed by atoms with E-state index < -0.39 is 10.0 Å². The molecule has 0 aliphatic rings. The molecule has 0 saturated carbocycles. The van der Waals surface area contributed by atoms with E-state index in [0.29, 0.717) is 12.2 Å². The first-order valence-corrected chi connectivity index (χ1v) is 7.24. The van der Waals surface area contributed by atoms with E-state index in [9.17, 15) is 8.42 Å². The molecule has 0 aliphatic heterocycles. The van der Waals surface area contributed by atoms with Crippen molar-refractivity contribution >= 4 is 15.7 Å². The van der Waals surface area contributed by atoms with Crippen molar-refractivity contribution in [3.05, 3.63) is 42.4 Å². The van der Waals surface area contributed by atoms with Gasteiger partial charge in [0.1, 0.15) is 0 Å². The van der Waals surface area contributed by atoms with Gasteiger partial charge >= 0.3 is 0 Å². The molecule has 19 heavy (non-hydrogen) atoms. The Bertz CT molecular complexity index is 664. The Morgan fingerprint density at radius 3 is 2.79 bits per heavy atom. The van der Waals surface area contributed by atoms with Gasteiger partial charge in [-0.25, -0.2) is 4.98 Å². The Hall–Kier alpha value is -1.86. The second-order valence-corrected chi connectivity index (χ2v) is 5.84. The minimum atomic E-state index is -3.63. The molecule has 1 aromatic carbocycles. The lowest BCUT2D eigenvalue weighted by Gasteiger charge is -2.07. The topological polar surface area (TPSA) is 76.0 Å². The number of nitrogens with zero attached hydrogens (tertiary/aromatic N) is 2. The number of hydrogen-bond acceptors (Lipinski definition) is 4. The van der Waals surface area contributed by atoms with Crippen molar-refractivity contribution in [1.29, 1.82) is 0 Å². The molecular formula is C12H16N4O2S. The van der Waals surface area contributed by atoms with Crippen molar-refractivity contribution in [3.63, 3.8) is 0 Å². The SMILES string of the molecule is CNCc1cccc(NS(=O)(=O)c2cn(C)cn2)c1. The molecule has 0 saturated heterocycles. The van der Waals surface area contributed by atoms with Gasteiger partial charge in [0.25, 0.3) is 10.0 Å². The molecule has 7 heteroatoms. The van der Waals surface area contributed by atoms with Crippen LogP contribution in [0.5, 0.6) is 0 Å². The number of sulfonamides is 1. The van der Waals surface area contributed by atoms with E-state index in [1.165, 1.54) is 12.5 Å². The van der Waals surface area contributed by atoms with Gasteiger partial charge in [0.05, 0.1) is 6.33 Å². The third kappa shape index (κ3) is 3.33. The Morgan fingerprint density at radius 1 is 1.37 bits per heavy atom. The summed E-state index contributed by atoms with van der Waals surface area (Å²) < 4.78 is 28.3. The summed E-state index contributed by atoms with van der Waals surface area (Å²) in [6.07, 6.45) is 2.91. The van der Waals surface area contributed by atoms with Crippen LogP contribution in [0.4, 0.5) is 5.69 Å². The monoisotopic (exact) mass is 280 g/mol. The number of imidazole rings is 1. The highest BCUT2D eigenvalue weighted by atomic mass is 32.2. The van der Waals surface area contributed by atoms with Gasteiger partial charge in [-0.15, -0.1) is 0 Å². The summed E-state index contributed by atoms with van der Waals surface area (Å²) in [7, 11) is -0.0667. The van der Waals surface area contributed by atoms with Crippen molar-refractivity contribution in [3.8, 4) is 0 Å². The number of aryl methyl sites for hydroxylation is 1. The lowest BCUT2D eigenvalue weighted by molar-refractivity contribution is 0.598. The second-order valence-electron chi connectivity index (χ2n) is 4.21. The zero-order chi connectivity index (χ0) is 13.9. The number of hydrogen-bond donors (Lipinski definition) is 2. The van der Waals surface area contributed by atoms with Crippen LogP contribution < -0.4 is 10.0 Å². The molecule has 0 aliphatic carbocycles. The van der Waals surface area contributed by atoms with Crippen LogP contribution in [-0.2, 0) is 23.6 Å². The normalized spacial score (nSPS) is 11.5. The quantitative estimate of drug-likeness (QED) is 0.854. The molecule has 2 N–H and O–H groups in total. The molecule has 1 aromatic heterocycles. The van der Waals surface area contributed by atoms with Gasteiger partial charge in [-0.05, 0) is 24.7 Å². The van der Waals surface area contributed by atoms with Crippen molar-refractivity contribution in [2.75, 3.05) is 11.8 Å². The molecule has 102 valence electrons. The second kappa shape index (κ2) is 5.41. The van der Waals surface area contributed by atoms with E-state index in [1.54, 1.807) is 23.7 Å². The van der Waals surface area contributed by atoms with Crippen LogP contribution in [-0.4, -0.2) is 25.0 Å². The van der Waals surface area contributed by atoms with Crippen LogP contribution in [0.1, 0.15) is 5.56 Å². The first-order chi connectivity index (χ1) is 9.01. The third-order valence-electron chi connectivity index (χ3n) is 2.52. The predicted molar refractivity (Wildman–Crippen MR) is 73.2 cm³/mol. The van der Waals surface area contributed by atoms with Crippen molar-refractivity contribution in [2.45, 2.75) is 11.6 Å². The molecule has 0 radical (unpaired) electrons. The van der Waals surface area contributed by atoms with Gasteiger partial charge in [0.2, 0.25) is 0 Å². The molecule has 0 unspecified atom stereocenters. The Balaban J connectivity index is 2.23. The number of benzene rings is 1. The van der Waals surface area contributed by atoms with Crippen LogP contribution in [0.2, 0.25) is 0 Å². The smallest absolute Gasteiger partial charge is 0.280 e. The van der Waals surface area contributed by atoms with Gasteiger partial charge in [0.15, 0.2) is 5.03 Å². The number of anilines is 1. The van der Waals surface area contributed by atoms with Gasteiger partial charge in [0, 0.05) is 25.5 Å². The minimum Gasteiger partial charge on any atom is -0.339 e. The summed E-state index contributed by atoms with van der Waals surface area (Å²) in [6.45, 7) is 0.680. The zero-order valence-electron chi connectivity index (χ0n) is 10.8. The average Bonchev–Trinajstić information content (AvgIpc) is 2.77. The summed E-state index contributed by atoms with van der Waals surface area (Å²) in [5, 5.41) is 3.02. The largest absolute Gasteiger partial charge is 0.339 e. The average molecular weight is 280 g/mol. The first-order valence-electron chi connectivity index (χ1n) is 5.75. The van der Waals surface area contributed by atoms with Gasteiger partial charge in [-0.2, -0.15) is 8.42 Å². The maximum Gasteiger partial charge on any atom is 0.280 e. The van der Waals surface area contributed by atoms with Crippen LogP contribution in [0.15, 0.2) is 41.8 Å². The maximum atomic E-state index is 12.1. The summed E-state index contributed by atoms with van der Waals surface area (Å²) in [4.78, 5) is 3.84. The molecule has 2 rings (SSSR count). The third-order valence-corrected chi connectivity index (χ3v) is 3.78. The van der Waals surface area contributed by atoms with E-state index in [1.807, 2.05) is 19.2 Å². The van der Waals surface area contributed by atoms with Crippen LogP contribution in [0.25, 0.3) is 0 Å². The molecule has 0 amide bonds. The summed E-state index contributed by atoms with van der Waals surface area (Å²) in [5.74, 6) is 0. The van der Waals surface area contributed by atoms with Crippen LogP contribution in [0.3, 0.4) is 0 Å². The van der Waals surface area contributed by atoms with Crippen LogP contribution >= 0.6 is 0 Å². The highest BCUT2D eigenvalue weighted by molar-refractivity contribution is 7.92. The summed E-state index contributed by atoms with van der Waals surface area (Å²) >= 11 is 0. The highest BCUT2D eigenvalue weighted by Crippen LogP contribution is 2.15. The highest BCUT2D eigenvalue weighted by Gasteiger charge is 2.16. The molecule has 2 aromatic rings. The molecule has 0 spiro atoms. The first kappa shape index (κ1) is 13.6. The Labute approximate surface area is 112 Å². The Morgan fingerprint density at radius 2 is 2.16 bits per heavy atom. The fourth-order valence-corrected chi connectivity index (χ4v) is 2.72. The fourth-order valence-electron chi connectivity index (χ4n) is 1.68. The number of nitrogens with one attached hydrogen (secondary N) is 2. The van der Waals surface area contributed by atoms with E-state index in [4.69, 9.17) is 0 Å². The standard InChI is InChI=1S/C12H16N4O2S/c1-13-7-10-4-3-5-11(6-10)15-19(17,18)12-8-16(2)9-14-12/h3-6,8-9,13,15H,7H2,1-2H3. The number of aromatic nitrogens is 2. The molecule has 1 heterocycles. The molecular weight excluding hydrogens is 264 g/mol. The summed E-state index contributed by atoms with van der Waals surface area (Å²) in [5.41, 5.74) is 1.53. The molecule has 0 atom stereocenters. The molecule has 6 nitrogen and oxygen atoms in total. The number of rotatable bonds is 5. The lowest BCUT2D eigenvalue weighted by atomic mass is 10.2. The minimum absolute atomic E-state index is 0.00835. The van der Waals surface area contributed by atoms with E-state index in [0.717, 1.165) is 5.56 Å².